The summed E-state index contributed by atoms with van der Waals surface area (Å²) in [6.45, 7) is 0. The monoisotopic (exact) mass is 489 g/mol. The summed E-state index contributed by atoms with van der Waals surface area (Å²) in [5.74, 6) is 0.591. The van der Waals surface area contributed by atoms with Crippen molar-refractivity contribution in [3.05, 3.63) is 88.4 Å². The van der Waals surface area contributed by atoms with E-state index in [1.165, 1.54) is 16.6 Å². The Morgan fingerprint density at radius 3 is 2.56 bits per heavy atom. The Morgan fingerprint density at radius 1 is 1.00 bits per heavy atom. The molecule has 0 saturated heterocycles. The standard InChI is InChI=1S/C25H23N5O2S2/c31-23(27-21-11-5-4-10-20(21)24(32)26-17-12-13-17)16-34-25-29-28-22(15-19-9-6-14-33-19)30(25)18-7-2-1-3-8-18/h1-11,14,17H,12-13,15-16H2,(H,26,32)(H,27,31). The number of thioether (sulfide) groups is 1. The van der Waals surface area contributed by atoms with Gasteiger partial charge in [-0.2, -0.15) is 0 Å². The highest BCUT2D eigenvalue weighted by molar-refractivity contribution is 7.99. The third-order valence-corrected chi connectivity index (χ3v) is 7.12. The maximum atomic E-state index is 12.8. The van der Waals surface area contributed by atoms with E-state index in [0.717, 1.165) is 24.4 Å². The summed E-state index contributed by atoms with van der Waals surface area (Å²) in [7, 11) is 0. The molecule has 0 radical (unpaired) electrons. The number of nitrogens with zero attached hydrogens (tertiary/aromatic N) is 3. The van der Waals surface area contributed by atoms with Gasteiger partial charge in [0.2, 0.25) is 5.91 Å². The summed E-state index contributed by atoms with van der Waals surface area (Å²) < 4.78 is 1.99. The molecule has 2 aromatic heterocycles. The van der Waals surface area contributed by atoms with Crippen LogP contribution >= 0.6 is 23.1 Å². The molecular weight excluding hydrogens is 466 g/mol. The lowest BCUT2D eigenvalue weighted by Crippen LogP contribution is -2.27. The first-order valence-corrected chi connectivity index (χ1v) is 12.9. The molecule has 7 nitrogen and oxygen atoms in total. The van der Waals surface area contributed by atoms with Crippen LogP contribution in [0.15, 0.2) is 77.3 Å². The average molecular weight is 490 g/mol. The van der Waals surface area contributed by atoms with Crippen LogP contribution in [0.25, 0.3) is 5.69 Å². The molecule has 9 heteroatoms. The Morgan fingerprint density at radius 2 is 1.79 bits per heavy atom. The van der Waals surface area contributed by atoms with E-state index in [4.69, 9.17) is 0 Å². The summed E-state index contributed by atoms with van der Waals surface area (Å²) in [5.41, 5.74) is 1.93. The third kappa shape index (κ3) is 5.37. The van der Waals surface area contributed by atoms with E-state index in [1.54, 1.807) is 35.6 Å². The van der Waals surface area contributed by atoms with Crippen molar-refractivity contribution in [3.8, 4) is 5.69 Å². The molecule has 2 N–H and O–H groups in total. The quantitative estimate of drug-likeness (QED) is 0.337. The zero-order valence-corrected chi connectivity index (χ0v) is 19.9. The third-order valence-electron chi connectivity index (χ3n) is 5.32. The van der Waals surface area contributed by atoms with Gasteiger partial charge in [0.25, 0.3) is 5.91 Å². The Kier molecular flexibility index (Phi) is 6.73. The number of carbonyl (C=O) groups is 2. The van der Waals surface area contributed by atoms with Crippen molar-refractivity contribution in [2.75, 3.05) is 11.1 Å². The number of anilines is 1. The first kappa shape index (κ1) is 22.4. The fourth-order valence-corrected chi connectivity index (χ4v) is 4.98. The number of rotatable bonds is 9. The fourth-order valence-electron chi connectivity index (χ4n) is 3.51. The van der Waals surface area contributed by atoms with E-state index < -0.39 is 0 Å². The van der Waals surface area contributed by atoms with Crippen molar-refractivity contribution in [2.45, 2.75) is 30.5 Å². The molecular formula is C25H23N5O2S2. The summed E-state index contributed by atoms with van der Waals surface area (Å²) in [6.07, 6.45) is 2.68. The summed E-state index contributed by atoms with van der Waals surface area (Å²) in [6, 6.07) is 21.3. The van der Waals surface area contributed by atoms with Gasteiger partial charge >= 0.3 is 0 Å². The number of nitrogens with one attached hydrogen (secondary N) is 2. The number of aromatic nitrogens is 3. The molecule has 2 amide bonds. The minimum atomic E-state index is -0.209. The number of benzene rings is 2. The van der Waals surface area contributed by atoms with Gasteiger partial charge in [-0.3, -0.25) is 14.2 Å². The van der Waals surface area contributed by atoms with Gasteiger partial charge in [-0.1, -0.05) is 48.2 Å². The lowest BCUT2D eigenvalue weighted by Gasteiger charge is -2.12. The maximum absolute atomic E-state index is 12.8. The van der Waals surface area contributed by atoms with Gasteiger partial charge in [-0.05, 0) is 48.6 Å². The van der Waals surface area contributed by atoms with Crippen LogP contribution in [0.5, 0.6) is 0 Å². The van der Waals surface area contributed by atoms with Crippen LogP contribution in [0.3, 0.4) is 0 Å². The van der Waals surface area contributed by atoms with Gasteiger partial charge in [-0.25, -0.2) is 0 Å². The Hall–Kier alpha value is -3.43. The highest BCUT2D eigenvalue weighted by atomic mass is 32.2. The minimum absolute atomic E-state index is 0.141. The number of para-hydroxylation sites is 2. The van der Waals surface area contributed by atoms with Crippen molar-refractivity contribution in [1.29, 1.82) is 0 Å². The summed E-state index contributed by atoms with van der Waals surface area (Å²) >= 11 is 2.99. The van der Waals surface area contributed by atoms with Crippen LogP contribution in [0.2, 0.25) is 0 Å². The van der Waals surface area contributed by atoms with Gasteiger partial charge in [0.15, 0.2) is 5.16 Å². The molecule has 5 rings (SSSR count). The molecule has 0 spiro atoms. The summed E-state index contributed by atoms with van der Waals surface area (Å²) in [4.78, 5) is 26.5. The lowest BCUT2D eigenvalue weighted by atomic mass is 10.1. The molecule has 0 atom stereocenters. The molecule has 2 heterocycles. The smallest absolute Gasteiger partial charge is 0.253 e. The molecule has 1 saturated carbocycles. The maximum Gasteiger partial charge on any atom is 0.253 e. The topological polar surface area (TPSA) is 88.9 Å². The zero-order valence-electron chi connectivity index (χ0n) is 18.3. The molecule has 2 aromatic carbocycles. The van der Waals surface area contributed by atoms with Crippen molar-refractivity contribution >= 4 is 40.6 Å². The molecule has 4 aromatic rings. The zero-order chi connectivity index (χ0) is 23.3. The van der Waals surface area contributed by atoms with Crippen LogP contribution < -0.4 is 10.6 Å². The predicted octanol–water partition coefficient (Wildman–Crippen LogP) is 4.54. The molecule has 172 valence electrons. The van der Waals surface area contributed by atoms with Gasteiger partial charge in [0, 0.05) is 23.0 Å². The number of carbonyl (C=O) groups excluding carboxylic acids is 2. The van der Waals surface area contributed by atoms with Crippen LogP contribution in [0, 0.1) is 0 Å². The minimum Gasteiger partial charge on any atom is -0.349 e. The van der Waals surface area contributed by atoms with Crippen molar-refractivity contribution in [1.82, 2.24) is 20.1 Å². The highest BCUT2D eigenvalue weighted by Crippen LogP contribution is 2.25. The molecule has 34 heavy (non-hydrogen) atoms. The highest BCUT2D eigenvalue weighted by Gasteiger charge is 2.25. The van der Waals surface area contributed by atoms with E-state index >= 15 is 0 Å². The lowest BCUT2D eigenvalue weighted by molar-refractivity contribution is -0.113. The van der Waals surface area contributed by atoms with E-state index in [2.05, 4.69) is 26.9 Å². The van der Waals surface area contributed by atoms with E-state index in [9.17, 15) is 9.59 Å². The second-order valence-electron chi connectivity index (χ2n) is 7.96. The molecule has 1 aliphatic rings. The van der Waals surface area contributed by atoms with Crippen molar-refractivity contribution in [2.24, 2.45) is 0 Å². The number of thiophene rings is 1. The first-order valence-electron chi connectivity index (χ1n) is 11.0. The normalized spacial score (nSPS) is 12.9. The van der Waals surface area contributed by atoms with Crippen molar-refractivity contribution < 1.29 is 9.59 Å². The predicted molar refractivity (Wildman–Crippen MR) is 135 cm³/mol. The largest absolute Gasteiger partial charge is 0.349 e. The molecule has 0 bridgehead atoms. The van der Waals surface area contributed by atoms with Crippen molar-refractivity contribution in [3.63, 3.8) is 0 Å². The van der Waals surface area contributed by atoms with Crippen LogP contribution in [0.4, 0.5) is 5.69 Å². The van der Waals surface area contributed by atoms with Gasteiger partial charge in [-0.15, -0.1) is 21.5 Å². The molecule has 0 aliphatic heterocycles. The average Bonchev–Trinajstić information content (AvgIpc) is 3.35. The Labute approximate surface area is 205 Å². The SMILES string of the molecule is O=C(CSc1nnc(Cc2cccs2)n1-c1ccccc1)Nc1ccccc1C(=O)NC1CC1. The number of hydrogen-bond acceptors (Lipinski definition) is 6. The van der Waals surface area contributed by atoms with E-state index in [0.29, 0.717) is 22.8 Å². The Balaban J connectivity index is 1.30. The second-order valence-corrected chi connectivity index (χ2v) is 9.93. The van der Waals surface area contributed by atoms with Gasteiger partial charge in [0.05, 0.1) is 17.0 Å². The Bertz CT molecular complexity index is 1280. The molecule has 1 aliphatic carbocycles. The number of hydrogen-bond donors (Lipinski definition) is 2. The molecule has 1 fully saturated rings. The summed E-state index contributed by atoms with van der Waals surface area (Å²) in [5, 5.41) is 17.3. The van der Waals surface area contributed by atoms with Crippen LogP contribution in [-0.4, -0.2) is 38.4 Å². The van der Waals surface area contributed by atoms with Crippen LogP contribution in [-0.2, 0) is 11.2 Å². The van der Waals surface area contributed by atoms with Gasteiger partial charge < -0.3 is 10.6 Å². The fraction of sp³-hybridized carbons (Fsp3) is 0.200. The van der Waals surface area contributed by atoms with E-state index in [-0.39, 0.29) is 23.6 Å². The van der Waals surface area contributed by atoms with Crippen LogP contribution in [0.1, 0.15) is 33.9 Å². The van der Waals surface area contributed by atoms with Gasteiger partial charge in [0.1, 0.15) is 5.82 Å². The second kappa shape index (κ2) is 10.2. The first-order chi connectivity index (χ1) is 16.7. The molecule has 0 unspecified atom stereocenters. The van der Waals surface area contributed by atoms with E-state index in [1.807, 2.05) is 46.3 Å². The number of amides is 2.